The third kappa shape index (κ3) is 5.86. The third-order valence-corrected chi connectivity index (χ3v) is 3.35. The first-order valence-electron chi connectivity index (χ1n) is 8.86. The lowest BCUT2D eigenvalue weighted by molar-refractivity contribution is -0.142. The average Bonchev–Trinajstić information content (AvgIpc) is 2.60. The molecule has 7 nitrogen and oxygen atoms in total. The van der Waals surface area contributed by atoms with E-state index in [-0.39, 0.29) is 5.56 Å². The molecular weight excluding hydrogens is 334 g/mol. The van der Waals surface area contributed by atoms with Gasteiger partial charge in [0.05, 0.1) is 12.3 Å². The zero-order chi connectivity index (χ0) is 18.9. The minimum absolute atomic E-state index is 0.289. The van der Waals surface area contributed by atoms with Crippen LogP contribution >= 0.6 is 0 Å². The fourth-order valence-corrected chi connectivity index (χ4v) is 2.26. The molecule has 0 aliphatic carbocycles. The molecule has 1 heterocycles. The van der Waals surface area contributed by atoms with Crippen LogP contribution in [0, 0.1) is 5.92 Å². The van der Waals surface area contributed by atoms with E-state index in [1.165, 1.54) is 6.07 Å². The molecule has 0 saturated heterocycles. The molecule has 0 radical (unpaired) electrons. The highest BCUT2D eigenvalue weighted by atomic mass is 16.7. The average molecular weight is 361 g/mol. The second-order valence-electron chi connectivity index (χ2n) is 6.09. The number of aromatic amines is 1. The Balaban J connectivity index is 2.26. The van der Waals surface area contributed by atoms with Crippen LogP contribution in [0.1, 0.15) is 39.7 Å². The molecule has 0 amide bonds. The standard InChI is InChI=1S/C19H27N3O4/c1-5-24-18(25-6-2)15-11-17(23)22-19(21-15)20-14-9-7-8-10-16(14)26-12-13(3)4/h7-11,13,18H,5-6,12H2,1-4H3,(H2,20,21,22,23). The molecule has 142 valence electrons. The number of nitrogens with zero attached hydrogens (tertiary/aromatic N) is 1. The first kappa shape index (κ1) is 19.9. The zero-order valence-corrected chi connectivity index (χ0v) is 15.7. The largest absolute Gasteiger partial charge is 0.491 e. The Labute approximate surface area is 153 Å². The van der Waals surface area contributed by atoms with Gasteiger partial charge in [0.2, 0.25) is 12.2 Å². The van der Waals surface area contributed by atoms with Gasteiger partial charge in [-0.2, -0.15) is 0 Å². The molecule has 0 bridgehead atoms. The summed E-state index contributed by atoms with van der Waals surface area (Å²) in [5.74, 6) is 1.40. The highest BCUT2D eigenvalue weighted by Crippen LogP contribution is 2.27. The number of para-hydroxylation sites is 2. The van der Waals surface area contributed by atoms with Gasteiger partial charge in [-0.1, -0.05) is 26.0 Å². The van der Waals surface area contributed by atoms with Gasteiger partial charge in [0.15, 0.2) is 0 Å². The molecule has 0 saturated carbocycles. The van der Waals surface area contributed by atoms with Crippen molar-refractivity contribution in [2.24, 2.45) is 5.92 Å². The first-order chi connectivity index (χ1) is 12.5. The molecule has 0 aliphatic heterocycles. The number of aromatic nitrogens is 2. The summed E-state index contributed by atoms with van der Waals surface area (Å²) in [5.41, 5.74) is 0.848. The molecule has 2 rings (SSSR count). The molecule has 0 spiro atoms. The van der Waals surface area contributed by atoms with E-state index in [0.717, 1.165) is 5.69 Å². The zero-order valence-electron chi connectivity index (χ0n) is 15.7. The molecule has 1 aromatic carbocycles. The molecule has 26 heavy (non-hydrogen) atoms. The molecule has 2 N–H and O–H groups in total. The maximum absolute atomic E-state index is 12.0. The van der Waals surface area contributed by atoms with E-state index in [1.807, 2.05) is 38.1 Å². The molecular formula is C19H27N3O4. The lowest BCUT2D eigenvalue weighted by atomic mass is 10.2. The summed E-state index contributed by atoms with van der Waals surface area (Å²) in [6, 6.07) is 8.90. The van der Waals surface area contributed by atoms with E-state index in [1.54, 1.807) is 0 Å². The number of ether oxygens (including phenoxy) is 3. The Bertz CT molecular complexity index is 740. The van der Waals surface area contributed by atoms with Crippen LogP contribution < -0.4 is 15.6 Å². The van der Waals surface area contributed by atoms with E-state index in [4.69, 9.17) is 14.2 Å². The van der Waals surface area contributed by atoms with Gasteiger partial charge in [0.1, 0.15) is 11.4 Å². The minimum atomic E-state index is -0.680. The first-order valence-corrected chi connectivity index (χ1v) is 8.86. The second kappa shape index (κ2) is 9.94. The molecule has 0 atom stereocenters. The van der Waals surface area contributed by atoms with E-state index in [0.29, 0.717) is 43.1 Å². The predicted molar refractivity (Wildman–Crippen MR) is 101 cm³/mol. The summed E-state index contributed by atoms with van der Waals surface area (Å²) in [6.45, 7) is 9.39. The Hall–Kier alpha value is -2.38. The van der Waals surface area contributed by atoms with Crippen LogP contribution in [0.15, 0.2) is 35.1 Å². The number of hydrogen-bond acceptors (Lipinski definition) is 6. The van der Waals surface area contributed by atoms with E-state index in [9.17, 15) is 4.79 Å². The van der Waals surface area contributed by atoms with Gasteiger partial charge in [-0.15, -0.1) is 0 Å². The van der Waals surface area contributed by atoms with Crippen molar-refractivity contribution < 1.29 is 14.2 Å². The number of hydrogen-bond donors (Lipinski definition) is 2. The molecule has 1 aromatic heterocycles. The monoisotopic (exact) mass is 361 g/mol. The van der Waals surface area contributed by atoms with Crippen LogP contribution in [-0.4, -0.2) is 29.8 Å². The van der Waals surface area contributed by atoms with Crippen molar-refractivity contribution >= 4 is 11.6 Å². The lowest BCUT2D eigenvalue weighted by Crippen LogP contribution is -2.18. The van der Waals surface area contributed by atoms with Gasteiger partial charge < -0.3 is 19.5 Å². The summed E-state index contributed by atoms with van der Waals surface area (Å²) in [7, 11) is 0. The van der Waals surface area contributed by atoms with Crippen molar-refractivity contribution in [2.75, 3.05) is 25.1 Å². The van der Waals surface area contributed by atoms with Gasteiger partial charge in [-0.05, 0) is 31.9 Å². The minimum Gasteiger partial charge on any atom is -0.491 e. The van der Waals surface area contributed by atoms with E-state index >= 15 is 0 Å². The van der Waals surface area contributed by atoms with Crippen molar-refractivity contribution in [3.8, 4) is 5.75 Å². The second-order valence-corrected chi connectivity index (χ2v) is 6.09. The number of H-pyrrole nitrogens is 1. The van der Waals surface area contributed by atoms with Crippen molar-refractivity contribution in [3.05, 3.63) is 46.4 Å². The van der Waals surface area contributed by atoms with E-state index in [2.05, 4.69) is 29.1 Å². The molecule has 0 fully saturated rings. The molecule has 7 heteroatoms. The highest BCUT2D eigenvalue weighted by Gasteiger charge is 2.15. The van der Waals surface area contributed by atoms with Crippen LogP contribution in [0.3, 0.4) is 0 Å². The fraction of sp³-hybridized carbons (Fsp3) is 0.474. The normalized spacial score (nSPS) is 11.2. The maximum Gasteiger partial charge on any atom is 0.252 e. The lowest BCUT2D eigenvalue weighted by Gasteiger charge is -2.17. The van der Waals surface area contributed by atoms with Crippen LogP contribution in [0.4, 0.5) is 11.6 Å². The Kier molecular flexibility index (Phi) is 7.62. The van der Waals surface area contributed by atoms with E-state index < -0.39 is 6.29 Å². The van der Waals surface area contributed by atoms with Crippen LogP contribution in [-0.2, 0) is 9.47 Å². The van der Waals surface area contributed by atoms with Crippen molar-refractivity contribution in [2.45, 2.75) is 34.0 Å². The molecule has 2 aromatic rings. The third-order valence-electron chi connectivity index (χ3n) is 3.35. The predicted octanol–water partition coefficient (Wildman–Crippen LogP) is 3.62. The topological polar surface area (TPSA) is 85.5 Å². The molecule has 0 unspecified atom stereocenters. The number of benzene rings is 1. The van der Waals surface area contributed by atoms with Crippen LogP contribution in [0.5, 0.6) is 5.75 Å². The Morgan fingerprint density at radius 3 is 2.50 bits per heavy atom. The quantitative estimate of drug-likeness (QED) is 0.629. The van der Waals surface area contributed by atoms with Crippen molar-refractivity contribution in [1.82, 2.24) is 9.97 Å². The molecule has 0 aliphatic rings. The van der Waals surface area contributed by atoms with Gasteiger partial charge in [-0.25, -0.2) is 4.98 Å². The van der Waals surface area contributed by atoms with Gasteiger partial charge in [0, 0.05) is 19.3 Å². The summed E-state index contributed by atoms with van der Waals surface area (Å²) >= 11 is 0. The summed E-state index contributed by atoms with van der Waals surface area (Å²) < 4.78 is 16.9. The number of anilines is 2. The Morgan fingerprint density at radius 1 is 1.15 bits per heavy atom. The summed E-state index contributed by atoms with van der Waals surface area (Å²) in [4.78, 5) is 19.1. The maximum atomic E-state index is 12.0. The fourth-order valence-electron chi connectivity index (χ4n) is 2.26. The van der Waals surface area contributed by atoms with Crippen molar-refractivity contribution in [3.63, 3.8) is 0 Å². The smallest absolute Gasteiger partial charge is 0.252 e. The number of rotatable bonds is 10. The summed E-state index contributed by atoms with van der Waals surface area (Å²) in [6.07, 6.45) is -0.680. The Morgan fingerprint density at radius 2 is 1.85 bits per heavy atom. The SMILES string of the molecule is CCOC(OCC)c1cc(=O)[nH]c(Nc2ccccc2OCC(C)C)n1. The van der Waals surface area contributed by atoms with Crippen LogP contribution in [0.2, 0.25) is 0 Å². The summed E-state index contributed by atoms with van der Waals surface area (Å²) in [5, 5.41) is 3.11. The van der Waals surface area contributed by atoms with Gasteiger partial charge >= 0.3 is 0 Å². The highest BCUT2D eigenvalue weighted by molar-refractivity contribution is 5.62. The van der Waals surface area contributed by atoms with Gasteiger partial charge in [0.25, 0.3) is 5.56 Å². The van der Waals surface area contributed by atoms with Gasteiger partial charge in [-0.3, -0.25) is 9.78 Å². The van der Waals surface area contributed by atoms with Crippen molar-refractivity contribution in [1.29, 1.82) is 0 Å². The number of nitrogens with one attached hydrogen (secondary N) is 2. The van der Waals surface area contributed by atoms with Crippen LogP contribution in [0.25, 0.3) is 0 Å².